The van der Waals surface area contributed by atoms with Gasteiger partial charge in [-0.05, 0) is 48.5 Å². The second-order valence-electron chi connectivity index (χ2n) is 6.97. The minimum Gasteiger partial charge on any atom is -0.493 e. The number of rotatable bonds is 10. The number of hydrogen-bond acceptors (Lipinski definition) is 9. The van der Waals surface area contributed by atoms with E-state index in [1.807, 2.05) is 0 Å². The van der Waals surface area contributed by atoms with E-state index in [1.54, 1.807) is 30.3 Å². The van der Waals surface area contributed by atoms with Gasteiger partial charge in [-0.25, -0.2) is 10.2 Å². The maximum atomic E-state index is 12.7. The smallest absolute Gasteiger partial charge is 0.343 e. The minimum atomic E-state index is -0.631. The number of nitrogens with one attached hydrogen (secondary N) is 1. The van der Waals surface area contributed by atoms with Crippen LogP contribution in [-0.2, 0) is 4.79 Å². The molecule has 0 aliphatic heterocycles. The fourth-order valence-corrected chi connectivity index (χ4v) is 3.23. The third kappa shape index (κ3) is 7.03. The van der Waals surface area contributed by atoms with Gasteiger partial charge in [0.15, 0.2) is 18.1 Å². The first-order valence-corrected chi connectivity index (χ1v) is 11.0. The van der Waals surface area contributed by atoms with Crippen molar-refractivity contribution >= 4 is 39.7 Å². The zero-order valence-electron chi connectivity index (χ0n) is 19.1. The molecule has 36 heavy (non-hydrogen) atoms. The Labute approximate surface area is 213 Å². The van der Waals surface area contributed by atoms with Gasteiger partial charge in [0.25, 0.3) is 11.6 Å². The van der Waals surface area contributed by atoms with E-state index in [1.165, 1.54) is 50.8 Å². The summed E-state index contributed by atoms with van der Waals surface area (Å²) in [4.78, 5) is 34.9. The molecule has 1 amide bonds. The van der Waals surface area contributed by atoms with Gasteiger partial charge < -0.3 is 18.9 Å². The Balaban J connectivity index is 1.62. The third-order valence-corrected chi connectivity index (χ3v) is 5.10. The zero-order valence-corrected chi connectivity index (χ0v) is 20.7. The molecule has 0 saturated heterocycles. The van der Waals surface area contributed by atoms with Crippen LogP contribution in [0.3, 0.4) is 0 Å². The monoisotopic (exact) mass is 557 g/mol. The molecule has 3 aromatic carbocycles. The number of nitro benzene ring substituents is 1. The number of amides is 1. The Morgan fingerprint density at radius 2 is 1.69 bits per heavy atom. The predicted octanol–water partition coefficient (Wildman–Crippen LogP) is 4.12. The van der Waals surface area contributed by atoms with Crippen LogP contribution in [0.5, 0.6) is 23.0 Å². The fraction of sp³-hybridized carbons (Fsp3) is 0.125. The van der Waals surface area contributed by atoms with Crippen LogP contribution < -0.4 is 24.4 Å². The molecule has 12 heteroatoms. The van der Waals surface area contributed by atoms with Gasteiger partial charge in [0, 0.05) is 22.2 Å². The number of carbonyl (C=O) groups is 2. The zero-order chi connectivity index (χ0) is 26.1. The SMILES string of the molecule is COc1ccc(C(=O)Oc2ccc(Br)cc2/C=N\NC(=O)COc2ccc([N+](=O)[O-])cc2)cc1OC. The molecule has 0 aliphatic carbocycles. The number of ether oxygens (including phenoxy) is 4. The van der Waals surface area contributed by atoms with Crippen molar-refractivity contribution < 1.29 is 33.5 Å². The molecular weight excluding hydrogens is 538 g/mol. The van der Waals surface area contributed by atoms with Gasteiger partial charge in [-0.3, -0.25) is 14.9 Å². The highest BCUT2D eigenvalue weighted by Crippen LogP contribution is 2.29. The lowest BCUT2D eigenvalue weighted by molar-refractivity contribution is -0.384. The first-order valence-electron chi connectivity index (χ1n) is 10.2. The van der Waals surface area contributed by atoms with Crippen molar-refractivity contribution in [2.24, 2.45) is 5.10 Å². The Morgan fingerprint density at radius 1 is 1.00 bits per heavy atom. The molecule has 0 heterocycles. The van der Waals surface area contributed by atoms with Crippen LogP contribution in [-0.4, -0.2) is 43.8 Å². The lowest BCUT2D eigenvalue weighted by Crippen LogP contribution is -2.24. The number of benzene rings is 3. The van der Waals surface area contributed by atoms with Crippen LogP contribution in [0.1, 0.15) is 15.9 Å². The molecule has 0 aromatic heterocycles. The van der Waals surface area contributed by atoms with Crippen LogP contribution in [0.25, 0.3) is 0 Å². The normalized spacial score (nSPS) is 10.5. The molecule has 3 rings (SSSR count). The molecule has 0 spiro atoms. The summed E-state index contributed by atoms with van der Waals surface area (Å²) in [5, 5.41) is 14.6. The fourth-order valence-electron chi connectivity index (χ4n) is 2.85. The number of halogens is 1. The number of nitro groups is 1. The van der Waals surface area contributed by atoms with Crippen molar-refractivity contribution in [1.29, 1.82) is 0 Å². The first kappa shape index (κ1) is 26.2. The topological polar surface area (TPSA) is 139 Å². The van der Waals surface area contributed by atoms with E-state index < -0.39 is 16.8 Å². The molecule has 3 aromatic rings. The van der Waals surface area contributed by atoms with Crippen molar-refractivity contribution in [2.45, 2.75) is 0 Å². The van der Waals surface area contributed by atoms with E-state index in [9.17, 15) is 19.7 Å². The van der Waals surface area contributed by atoms with Crippen LogP contribution in [0, 0.1) is 10.1 Å². The largest absolute Gasteiger partial charge is 0.493 e. The van der Waals surface area contributed by atoms with Crippen molar-refractivity contribution in [2.75, 3.05) is 20.8 Å². The highest BCUT2D eigenvalue weighted by molar-refractivity contribution is 9.10. The third-order valence-electron chi connectivity index (χ3n) is 4.60. The van der Waals surface area contributed by atoms with E-state index in [0.29, 0.717) is 21.5 Å². The van der Waals surface area contributed by atoms with Crippen LogP contribution >= 0.6 is 15.9 Å². The number of esters is 1. The van der Waals surface area contributed by atoms with E-state index in [-0.39, 0.29) is 29.4 Å². The van der Waals surface area contributed by atoms with Crippen molar-refractivity contribution in [3.05, 3.63) is 86.4 Å². The molecule has 0 unspecified atom stereocenters. The second-order valence-corrected chi connectivity index (χ2v) is 7.89. The summed E-state index contributed by atoms with van der Waals surface area (Å²) in [5.74, 6) is 0.146. The summed E-state index contributed by atoms with van der Waals surface area (Å²) >= 11 is 3.35. The molecule has 186 valence electrons. The Kier molecular flexibility index (Phi) is 8.95. The summed E-state index contributed by atoms with van der Waals surface area (Å²) in [6.45, 7) is -0.366. The van der Waals surface area contributed by atoms with Gasteiger partial charge in [0.05, 0.1) is 30.9 Å². The summed E-state index contributed by atoms with van der Waals surface area (Å²) in [6, 6.07) is 14.8. The molecular formula is C24H20BrN3O8. The Hall–Kier alpha value is -4.45. The standard InChI is InChI=1S/C24H20BrN3O8/c1-33-21-9-3-15(12-22(21)34-2)24(30)36-20-10-4-17(25)11-16(20)13-26-27-23(29)14-35-19-7-5-18(6-8-19)28(31)32/h3-13H,14H2,1-2H3,(H,27,29)/b26-13-. The van der Waals surface area contributed by atoms with Gasteiger partial charge >= 0.3 is 5.97 Å². The van der Waals surface area contributed by atoms with Crippen LogP contribution in [0.2, 0.25) is 0 Å². The van der Waals surface area contributed by atoms with Crippen molar-refractivity contribution in [3.8, 4) is 23.0 Å². The van der Waals surface area contributed by atoms with Crippen LogP contribution in [0.15, 0.2) is 70.2 Å². The van der Waals surface area contributed by atoms with Gasteiger partial charge in [0.2, 0.25) is 0 Å². The predicted molar refractivity (Wildman–Crippen MR) is 133 cm³/mol. The molecule has 0 bridgehead atoms. The summed E-state index contributed by atoms with van der Waals surface area (Å²) < 4.78 is 21.9. The van der Waals surface area contributed by atoms with Gasteiger partial charge in [-0.1, -0.05) is 15.9 Å². The number of carbonyl (C=O) groups excluding carboxylic acids is 2. The van der Waals surface area contributed by atoms with E-state index in [2.05, 4.69) is 26.5 Å². The van der Waals surface area contributed by atoms with E-state index in [0.717, 1.165) is 0 Å². The second kappa shape index (κ2) is 12.3. The first-order chi connectivity index (χ1) is 17.3. The van der Waals surface area contributed by atoms with Crippen LogP contribution in [0.4, 0.5) is 5.69 Å². The molecule has 0 fully saturated rings. The summed E-state index contributed by atoms with van der Waals surface area (Å²) in [5.41, 5.74) is 2.87. The number of non-ortho nitro benzene ring substituents is 1. The maximum Gasteiger partial charge on any atom is 0.343 e. The molecule has 1 N–H and O–H groups in total. The number of hydrazone groups is 1. The quantitative estimate of drug-likeness (QED) is 0.129. The molecule has 11 nitrogen and oxygen atoms in total. The summed E-state index contributed by atoms with van der Waals surface area (Å²) in [7, 11) is 2.95. The molecule has 0 saturated carbocycles. The molecule has 0 aliphatic rings. The number of methoxy groups -OCH3 is 2. The molecule has 0 atom stereocenters. The number of hydrogen-bond donors (Lipinski definition) is 1. The average molecular weight is 558 g/mol. The van der Waals surface area contributed by atoms with Crippen molar-refractivity contribution in [1.82, 2.24) is 5.43 Å². The minimum absolute atomic E-state index is 0.0898. The number of nitrogens with zero attached hydrogens (tertiary/aromatic N) is 2. The maximum absolute atomic E-state index is 12.7. The molecule has 0 radical (unpaired) electrons. The lowest BCUT2D eigenvalue weighted by atomic mass is 10.2. The van der Waals surface area contributed by atoms with Gasteiger partial charge in [0.1, 0.15) is 11.5 Å². The van der Waals surface area contributed by atoms with E-state index >= 15 is 0 Å². The average Bonchev–Trinajstić information content (AvgIpc) is 2.88. The Bertz CT molecular complexity index is 1300. The van der Waals surface area contributed by atoms with Gasteiger partial charge in [-0.2, -0.15) is 5.10 Å². The van der Waals surface area contributed by atoms with Crippen molar-refractivity contribution in [3.63, 3.8) is 0 Å². The lowest BCUT2D eigenvalue weighted by Gasteiger charge is -2.11. The summed E-state index contributed by atoms with van der Waals surface area (Å²) in [6.07, 6.45) is 1.31. The van der Waals surface area contributed by atoms with Gasteiger partial charge in [-0.15, -0.1) is 0 Å². The van der Waals surface area contributed by atoms with E-state index in [4.69, 9.17) is 18.9 Å². The highest BCUT2D eigenvalue weighted by atomic mass is 79.9. The Morgan fingerprint density at radius 3 is 2.36 bits per heavy atom. The highest BCUT2D eigenvalue weighted by Gasteiger charge is 2.15.